The Morgan fingerprint density at radius 2 is 1.71 bits per heavy atom. The highest BCUT2D eigenvalue weighted by molar-refractivity contribution is 5.93. The van der Waals surface area contributed by atoms with Crippen LogP contribution in [0.3, 0.4) is 0 Å². The van der Waals surface area contributed by atoms with Gasteiger partial charge in [-0.1, -0.05) is 6.92 Å². The van der Waals surface area contributed by atoms with Gasteiger partial charge in [-0.2, -0.15) is 0 Å². The lowest BCUT2D eigenvalue weighted by Crippen LogP contribution is -2.00. The summed E-state index contributed by atoms with van der Waals surface area (Å²) in [6.45, 7) is 9.86. The van der Waals surface area contributed by atoms with Crippen molar-refractivity contribution in [3.05, 3.63) is 52.4 Å². The fraction of sp³-hybridized carbons (Fsp3) is 0.389. The van der Waals surface area contributed by atoms with E-state index < -0.39 is 0 Å². The van der Waals surface area contributed by atoms with Gasteiger partial charge in [0.05, 0.1) is 0 Å². The number of hydrogen-bond donors (Lipinski definition) is 0. The molecule has 0 fully saturated rings. The van der Waals surface area contributed by atoms with E-state index in [1.807, 2.05) is 46.8 Å². The second kappa shape index (κ2) is 6.17. The van der Waals surface area contributed by atoms with Crippen LogP contribution in [0, 0.1) is 27.7 Å². The third kappa shape index (κ3) is 3.75. The third-order valence-corrected chi connectivity index (χ3v) is 3.80. The zero-order chi connectivity index (χ0) is 15.6. The summed E-state index contributed by atoms with van der Waals surface area (Å²) in [6, 6.07) is 3.94. The predicted molar refractivity (Wildman–Crippen MR) is 83.4 cm³/mol. The molecule has 2 aromatic rings. The Morgan fingerprint density at radius 3 is 2.24 bits per heavy atom. The highest BCUT2D eigenvalue weighted by atomic mass is 16.3. The minimum absolute atomic E-state index is 0.0703. The molecule has 2 rings (SSSR count). The van der Waals surface area contributed by atoms with E-state index in [0.717, 1.165) is 34.2 Å². The summed E-state index contributed by atoms with van der Waals surface area (Å²) in [4.78, 5) is 12.0. The molecule has 0 aliphatic heterocycles. The third-order valence-electron chi connectivity index (χ3n) is 3.80. The Kier molecular flexibility index (Phi) is 4.51. The lowest BCUT2D eigenvalue weighted by Gasteiger charge is -2.05. The molecule has 2 aromatic heterocycles. The maximum Gasteiger partial charge on any atom is 0.156 e. The van der Waals surface area contributed by atoms with Crippen molar-refractivity contribution in [2.24, 2.45) is 0 Å². The number of furan rings is 2. The number of hydrogen-bond acceptors (Lipinski definition) is 3. The highest BCUT2D eigenvalue weighted by Crippen LogP contribution is 2.24. The minimum Gasteiger partial charge on any atom is -0.466 e. The van der Waals surface area contributed by atoms with Crippen molar-refractivity contribution >= 4 is 11.9 Å². The highest BCUT2D eigenvalue weighted by Gasteiger charge is 2.14. The molecule has 0 aromatic carbocycles. The van der Waals surface area contributed by atoms with Crippen LogP contribution >= 0.6 is 0 Å². The van der Waals surface area contributed by atoms with E-state index >= 15 is 0 Å². The minimum atomic E-state index is 0.0703. The maximum atomic E-state index is 12.0. The molecular formula is C18H22O3. The molecule has 112 valence electrons. The Morgan fingerprint density at radius 1 is 1.10 bits per heavy atom. The SMILES string of the molecule is Cc1cc(/C=C/C(=O)CC(C)c2cc(C)c(C)o2)oc1C. The Bertz CT molecular complexity index is 632. The summed E-state index contributed by atoms with van der Waals surface area (Å²) in [7, 11) is 0. The number of ketones is 1. The van der Waals surface area contributed by atoms with Crippen LogP contribution in [0.5, 0.6) is 0 Å². The average molecular weight is 286 g/mol. The van der Waals surface area contributed by atoms with Crippen LogP contribution in [0.25, 0.3) is 6.08 Å². The molecule has 0 amide bonds. The van der Waals surface area contributed by atoms with Crippen LogP contribution in [0.15, 0.2) is 27.0 Å². The Hall–Kier alpha value is -2.03. The molecule has 0 bridgehead atoms. The number of rotatable bonds is 5. The Balaban J connectivity index is 1.97. The maximum absolute atomic E-state index is 12.0. The lowest BCUT2D eigenvalue weighted by molar-refractivity contribution is -0.114. The molecule has 0 saturated carbocycles. The molecule has 3 heteroatoms. The molecule has 0 N–H and O–H groups in total. The van der Waals surface area contributed by atoms with Crippen molar-refractivity contribution in [3.8, 4) is 0 Å². The number of carbonyl (C=O) groups excluding carboxylic acids is 1. The monoisotopic (exact) mass is 286 g/mol. The first-order chi connectivity index (χ1) is 9.86. The van der Waals surface area contributed by atoms with Crippen molar-refractivity contribution in [3.63, 3.8) is 0 Å². The second-order valence-corrected chi connectivity index (χ2v) is 5.68. The van der Waals surface area contributed by atoms with Crippen molar-refractivity contribution in [1.29, 1.82) is 0 Å². The molecule has 21 heavy (non-hydrogen) atoms. The standard InChI is InChI=1S/C18H22O3/c1-11-9-17(20-14(11)4)7-6-16(19)8-13(3)18-10-12(2)15(5)21-18/h6-7,9-10,13H,8H2,1-5H3/b7-6+. The fourth-order valence-corrected chi connectivity index (χ4v) is 2.17. The largest absolute Gasteiger partial charge is 0.466 e. The summed E-state index contributed by atoms with van der Waals surface area (Å²) in [5.74, 6) is 3.54. The lowest BCUT2D eigenvalue weighted by atomic mass is 10.0. The van der Waals surface area contributed by atoms with Crippen molar-refractivity contribution in [1.82, 2.24) is 0 Å². The first kappa shape index (κ1) is 15.4. The van der Waals surface area contributed by atoms with Gasteiger partial charge in [0.25, 0.3) is 0 Å². The molecule has 0 spiro atoms. The summed E-state index contributed by atoms with van der Waals surface area (Å²) in [5, 5.41) is 0. The van der Waals surface area contributed by atoms with Gasteiger partial charge in [0.2, 0.25) is 0 Å². The quantitative estimate of drug-likeness (QED) is 0.735. The molecular weight excluding hydrogens is 264 g/mol. The van der Waals surface area contributed by atoms with E-state index in [0.29, 0.717) is 6.42 Å². The van der Waals surface area contributed by atoms with E-state index in [2.05, 4.69) is 0 Å². The first-order valence-electron chi connectivity index (χ1n) is 7.21. The smallest absolute Gasteiger partial charge is 0.156 e. The number of allylic oxidation sites excluding steroid dienone is 1. The molecule has 3 nitrogen and oxygen atoms in total. The van der Waals surface area contributed by atoms with Gasteiger partial charge in [-0.3, -0.25) is 4.79 Å². The molecule has 0 aliphatic rings. The van der Waals surface area contributed by atoms with Gasteiger partial charge < -0.3 is 8.83 Å². The van der Waals surface area contributed by atoms with Gasteiger partial charge in [-0.15, -0.1) is 0 Å². The van der Waals surface area contributed by atoms with Crippen LogP contribution < -0.4 is 0 Å². The molecule has 0 aliphatic carbocycles. The molecule has 1 unspecified atom stereocenters. The van der Waals surface area contributed by atoms with E-state index in [1.54, 1.807) is 12.2 Å². The summed E-state index contributed by atoms with van der Waals surface area (Å²) in [6.07, 6.45) is 3.74. The van der Waals surface area contributed by atoms with Gasteiger partial charge >= 0.3 is 0 Å². The molecule has 0 saturated heterocycles. The first-order valence-corrected chi connectivity index (χ1v) is 7.21. The van der Waals surface area contributed by atoms with E-state index in [-0.39, 0.29) is 11.7 Å². The van der Waals surface area contributed by atoms with E-state index in [1.165, 1.54) is 0 Å². The Labute approximate surface area is 125 Å². The van der Waals surface area contributed by atoms with Gasteiger partial charge in [-0.05, 0) is 63.1 Å². The summed E-state index contributed by atoms with van der Waals surface area (Å²) < 4.78 is 11.2. The molecule has 2 heterocycles. The zero-order valence-corrected chi connectivity index (χ0v) is 13.3. The van der Waals surface area contributed by atoms with Gasteiger partial charge in [0.15, 0.2) is 5.78 Å². The topological polar surface area (TPSA) is 43.4 Å². The summed E-state index contributed by atoms with van der Waals surface area (Å²) in [5.41, 5.74) is 2.22. The van der Waals surface area contributed by atoms with Gasteiger partial charge in [-0.25, -0.2) is 0 Å². The van der Waals surface area contributed by atoms with E-state index in [4.69, 9.17) is 8.83 Å². The second-order valence-electron chi connectivity index (χ2n) is 5.68. The zero-order valence-electron chi connectivity index (χ0n) is 13.3. The average Bonchev–Trinajstić information content (AvgIpc) is 2.91. The van der Waals surface area contributed by atoms with Crippen LogP contribution in [0.2, 0.25) is 0 Å². The predicted octanol–water partition coefficient (Wildman–Crippen LogP) is 4.88. The van der Waals surface area contributed by atoms with Gasteiger partial charge in [0.1, 0.15) is 23.0 Å². The van der Waals surface area contributed by atoms with Crippen LogP contribution in [-0.4, -0.2) is 5.78 Å². The number of aryl methyl sites for hydroxylation is 4. The van der Waals surface area contributed by atoms with Crippen LogP contribution in [-0.2, 0) is 4.79 Å². The van der Waals surface area contributed by atoms with Crippen molar-refractivity contribution in [2.45, 2.75) is 47.0 Å². The van der Waals surface area contributed by atoms with Gasteiger partial charge in [0, 0.05) is 12.3 Å². The van der Waals surface area contributed by atoms with E-state index in [9.17, 15) is 4.79 Å². The number of carbonyl (C=O) groups is 1. The fourth-order valence-electron chi connectivity index (χ4n) is 2.17. The molecule has 0 radical (unpaired) electrons. The van der Waals surface area contributed by atoms with Crippen LogP contribution in [0.1, 0.15) is 53.4 Å². The van der Waals surface area contributed by atoms with Crippen LogP contribution in [0.4, 0.5) is 0 Å². The summed E-state index contributed by atoms with van der Waals surface area (Å²) >= 11 is 0. The molecule has 1 atom stereocenters. The van der Waals surface area contributed by atoms with Crippen molar-refractivity contribution < 1.29 is 13.6 Å². The normalized spacial score (nSPS) is 13.0. The van der Waals surface area contributed by atoms with Crippen molar-refractivity contribution in [2.75, 3.05) is 0 Å².